The molecular weight excluding hydrogens is 252 g/mol. The first-order valence-corrected chi connectivity index (χ1v) is 6.66. The van der Waals surface area contributed by atoms with Crippen molar-refractivity contribution < 1.29 is 4.79 Å². The number of hydrogen-bond donors (Lipinski definition) is 2. The standard InChI is InChI=1S/C15H18N4O/c1-2-6-17-14-10-13(5-9-18-14)15(20)19-11-12-3-7-16-8-4-12/h3-5,7-10H,2,6,11H2,1H3,(H,17,18)(H,19,20). The Labute approximate surface area is 118 Å². The van der Waals surface area contributed by atoms with Crippen LogP contribution in [0.5, 0.6) is 0 Å². The lowest BCUT2D eigenvalue weighted by Crippen LogP contribution is -2.23. The number of aromatic nitrogens is 2. The number of hydrogen-bond acceptors (Lipinski definition) is 4. The van der Waals surface area contributed by atoms with E-state index in [0.717, 1.165) is 24.3 Å². The van der Waals surface area contributed by atoms with Gasteiger partial charge in [-0.3, -0.25) is 9.78 Å². The molecule has 0 spiro atoms. The van der Waals surface area contributed by atoms with Gasteiger partial charge in [0.2, 0.25) is 0 Å². The van der Waals surface area contributed by atoms with Gasteiger partial charge in [-0.15, -0.1) is 0 Å². The van der Waals surface area contributed by atoms with Gasteiger partial charge in [0.1, 0.15) is 5.82 Å². The Morgan fingerprint density at radius 2 is 2.00 bits per heavy atom. The number of pyridine rings is 2. The highest BCUT2D eigenvalue weighted by Crippen LogP contribution is 2.07. The van der Waals surface area contributed by atoms with E-state index in [4.69, 9.17) is 0 Å². The Morgan fingerprint density at radius 1 is 1.20 bits per heavy atom. The van der Waals surface area contributed by atoms with Crippen molar-refractivity contribution >= 4 is 11.7 Å². The van der Waals surface area contributed by atoms with Crippen LogP contribution in [0.25, 0.3) is 0 Å². The fourth-order valence-electron chi connectivity index (χ4n) is 1.71. The first kappa shape index (κ1) is 14.0. The topological polar surface area (TPSA) is 66.9 Å². The van der Waals surface area contributed by atoms with Crippen molar-refractivity contribution in [1.82, 2.24) is 15.3 Å². The number of amides is 1. The second-order valence-electron chi connectivity index (χ2n) is 4.39. The first-order valence-electron chi connectivity index (χ1n) is 6.66. The molecule has 0 aliphatic carbocycles. The summed E-state index contributed by atoms with van der Waals surface area (Å²) in [7, 11) is 0. The largest absolute Gasteiger partial charge is 0.370 e. The molecule has 0 aliphatic rings. The predicted molar refractivity (Wildman–Crippen MR) is 78.4 cm³/mol. The minimum atomic E-state index is -0.108. The lowest BCUT2D eigenvalue weighted by molar-refractivity contribution is 0.0951. The predicted octanol–water partition coefficient (Wildman–Crippen LogP) is 2.23. The number of nitrogens with zero attached hydrogens (tertiary/aromatic N) is 2. The van der Waals surface area contributed by atoms with Crippen LogP contribution < -0.4 is 10.6 Å². The molecule has 0 aromatic carbocycles. The Hall–Kier alpha value is -2.43. The van der Waals surface area contributed by atoms with Crippen molar-refractivity contribution in [3.8, 4) is 0 Å². The molecule has 2 aromatic rings. The highest BCUT2D eigenvalue weighted by molar-refractivity contribution is 5.94. The van der Waals surface area contributed by atoms with Crippen molar-refractivity contribution in [1.29, 1.82) is 0 Å². The zero-order valence-electron chi connectivity index (χ0n) is 11.5. The summed E-state index contributed by atoms with van der Waals surface area (Å²) in [4.78, 5) is 20.2. The van der Waals surface area contributed by atoms with Crippen LogP contribution in [0.3, 0.4) is 0 Å². The summed E-state index contributed by atoms with van der Waals surface area (Å²) < 4.78 is 0. The fraction of sp³-hybridized carbons (Fsp3) is 0.267. The molecule has 2 heterocycles. The van der Waals surface area contributed by atoms with Crippen LogP contribution in [0.15, 0.2) is 42.9 Å². The monoisotopic (exact) mass is 270 g/mol. The van der Waals surface area contributed by atoms with Crippen LogP contribution in [0.1, 0.15) is 29.3 Å². The van der Waals surface area contributed by atoms with Crippen LogP contribution in [0.4, 0.5) is 5.82 Å². The van der Waals surface area contributed by atoms with Gasteiger partial charge in [0.05, 0.1) is 0 Å². The summed E-state index contributed by atoms with van der Waals surface area (Å²) in [5.74, 6) is 0.618. The summed E-state index contributed by atoms with van der Waals surface area (Å²) in [5, 5.41) is 6.04. The third kappa shape index (κ3) is 4.05. The van der Waals surface area contributed by atoms with E-state index in [1.165, 1.54) is 0 Å². The molecule has 104 valence electrons. The molecule has 0 saturated carbocycles. The number of carbonyl (C=O) groups excluding carboxylic acids is 1. The molecule has 0 saturated heterocycles. The third-order valence-electron chi connectivity index (χ3n) is 2.78. The zero-order chi connectivity index (χ0) is 14.2. The van der Waals surface area contributed by atoms with Crippen LogP contribution >= 0.6 is 0 Å². The molecule has 2 rings (SSSR count). The quantitative estimate of drug-likeness (QED) is 0.844. The number of nitrogens with one attached hydrogen (secondary N) is 2. The van der Waals surface area contributed by atoms with Crippen molar-refractivity contribution in [3.63, 3.8) is 0 Å². The highest BCUT2D eigenvalue weighted by atomic mass is 16.1. The van der Waals surface area contributed by atoms with E-state index < -0.39 is 0 Å². The average molecular weight is 270 g/mol. The van der Waals surface area contributed by atoms with Gasteiger partial charge in [0.15, 0.2) is 0 Å². The van der Waals surface area contributed by atoms with Crippen LogP contribution in [-0.4, -0.2) is 22.4 Å². The Kier molecular flexibility index (Phi) is 5.06. The molecule has 20 heavy (non-hydrogen) atoms. The number of anilines is 1. The van der Waals surface area contributed by atoms with Crippen LogP contribution in [0.2, 0.25) is 0 Å². The molecular formula is C15H18N4O. The van der Waals surface area contributed by atoms with E-state index in [2.05, 4.69) is 27.5 Å². The second-order valence-corrected chi connectivity index (χ2v) is 4.39. The van der Waals surface area contributed by atoms with Crippen molar-refractivity contribution in [2.75, 3.05) is 11.9 Å². The smallest absolute Gasteiger partial charge is 0.251 e. The normalized spacial score (nSPS) is 10.1. The summed E-state index contributed by atoms with van der Waals surface area (Å²) >= 11 is 0. The molecule has 0 fully saturated rings. The molecule has 5 nitrogen and oxygen atoms in total. The second kappa shape index (κ2) is 7.23. The van der Waals surface area contributed by atoms with E-state index in [-0.39, 0.29) is 5.91 Å². The van der Waals surface area contributed by atoms with Crippen molar-refractivity contribution in [2.45, 2.75) is 19.9 Å². The number of carbonyl (C=O) groups is 1. The van der Waals surface area contributed by atoms with Gasteiger partial charge in [-0.05, 0) is 36.2 Å². The SMILES string of the molecule is CCCNc1cc(C(=O)NCc2ccncc2)ccn1. The minimum absolute atomic E-state index is 0.108. The van der Waals surface area contributed by atoms with E-state index in [1.807, 2.05) is 12.1 Å². The van der Waals surface area contributed by atoms with Gasteiger partial charge in [0, 0.05) is 37.2 Å². The first-order chi connectivity index (χ1) is 9.79. The van der Waals surface area contributed by atoms with Crippen molar-refractivity contribution in [2.24, 2.45) is 0 Å². The molecule has 0 unspecified atom stereocenters. The fourth-order valence-corrected chi connectivity index (χ4v) is 1.71. The lowest BCUT2D eigenvalue weighted by Gasteiger charge is -2.07. The molecule has 1 amide bonds. The molecule has 5 heteroatoms. The van der Waals surface area contributed by atoms with Gasteiger partial charge < -0.3 is 10.6 Å². The Balaban J connectivity index is 1.95. The summed E-state index contributed by atoms with van der Waals surface area (Å²) in [5.41, 5.74) is 1.62. The molecule has 2 aromatic heterocycles. The highest BCUT2D eigenvalue weighted by Gasteiger charge is 2.06. The van der Waals surface area contributed by atoms with Gasteiger partial charge in [-0.1, -0.05) is 6.92 Å². The maximum Gasteiger partial charge on any atom is 0.251 e. The average Bonchev–Trinajstić information content (AvgIpc) is 2.52. The minimum Gasteiger partial charge on any atom is -0.370 e. The van der Waals surface area contributed by atoms with E-state index in [1.54, 1.807) is 30.7 Å². The Bertz CT molecular complexity index is 557. The van der Waals surface area contributed by atoms with Crippen LogP contribution in [-0.2, 0) is 6.54 Å². The molecule has 0 radical (unpaired) electrons. The summed E-state index contributed by atoms with van der Waals surface area (Å²) in [6, 6.07) is 7.22. The Morgan fingerprint density at radius 3 is 2.75 bits per heavy atom. The van der Waals surface area contributed by atoms with Gasteiger partial charge in [0.25, 0.3) is 5.91 Å². The molecule has 0 atom stereocenters. The van der Waals surface area contributed by atoms with E-state index in [0.29, 0.717) is 12.1 Å². The zero-order valence-corrected chi connectivity index (χ0v) is 11.5. The van der Waals surface area contributed by atoms with E-state index >= 15 is 0 Å². The van der Waals surface area contributed by atoms with E-state index in [9.17, 15) is 4.79 Å². The molecule has 0 bridgehead atoms. The maximum absolute atomic E-state index is 12.1. The number of rotatable bonds is 6. The maximum atomic E-state index is 12.1. The summed E-state index contributed by atoms with van der Waals surface area (Å²) in [6.45, 7) is 3.41. The molecule has 2 N–H and O–H groups in total. The van der Waals surface area contributed by atoms with Crippen LogP contribution in [0, 0.1) is 0 Å². The van der Waals surface area contributed by atoms with Crippen molar-refractivity contribution in [3.05, 3.63) is 54.0 Å². The molecule has 0 aliphatic heterocycles. The summed E-state index contributed by atoms with van der Waals surface area (Å²) in [6.07, 6.45) is 6.07. The van der Waals surface area contributed by atoms with Gasteiger partial charge in [-0.25, -0.2) is 4.98 Å². The van der Waals surface area contributed by atoms with Gasteiger partial charge in [-0.2, -0.15) is 0 Å². The van der Waals surface area contributed by atoms with Gasteiger partial charge >= 0.3 is 0 Å². The third-order valence-corrected chi connectivity index (χ3v) is 2.78. The lowest BCUT2D eigenvalue weighted by atomic mass is 10.2.